The number of phenols is 1. The van der Waals surface area contributed by atoms with Crippen molar-refractivity contribution >= 4 is 5.78 Å². The Kier molecular flexibility index (Phi) is 4.24. The molecule has 0 spiro atoms. The average Bonchev–Trinajstić information content (AvgIpc) is 2.40. The molecule has 0 bridgehead atoms. The number of rotatable bonds is 4. The van der Waals surface area contributed by atoms with Gasteiger partial charge in [0.05, 0.1) is 7.11 Å². The van der Waals surface area contributed by atoms with Gasteiger partial charge >= 0.3 is 0 Å². The molecule has 1 aromatic carbocycles. The average molecular weight is 248 g/mol. The highest BCUT2D eigenvalue weighted by Gasteiger charge is 2.18. The van der Waals surface area contributed by atoms with Crippen LogP contribution in [0.15, 0.2) is 18.2 Å². The second kappa shape index (κ2) is 5.89. The first-order valence-corrected chi connectivity index (χ1v) is 6.61. The summed E-state index contributed by atoms with van der Waals surface area (Å²) < 4.78 is 5.02. The van der Waals surface area contributed by atoms with Crippen LogP contribution in [0.25, 0.3) is 0 Å². The van der Waals surface area contributed by atoms with E-state index in [-0.39, 0.29) is 11.5 Å². The summed E-state index contributed by atoms with van der Waals surface area (Å²) in [7, 11) is 1.49. The van der Waals surface area contributed by atoms with Crippen molar-refractivity contribution in [1.29, 1.82) is 0 Å². The molecule has 0 aromatic heterocycles. The van der Waals surface area contributed by atoms with Crippen molar-refractivity contribution < 1.29 is 14.6 Å². The van der Waals surface area contributed by atoms with Gasteiger partial charge in [-0.25, -0.2) is 0 Å². The standard InChI is InChI=1S/C15H20O3/c1-18-15-10-12(7-8-13(15)16)14(17)9-11-5-3-2-4-6-11/h7-8,10-11,16H,2-6,9H2,1H3. The summed E-state index contributed by atoms with van der Waals surface area (Å²) in [5.74, 6) is 1.13. The molecule has 98 valence electrons. The van der Waals surface area contributed by atoms with E-state index in [1.807, 2.05) is 0 Å². The Hall–Kier alpha value is -1.51. The lowest BCUT2D eigenvalue weighted by atomic mass is 9.85. The van der Waals surface area contributed by atoms with Crippen molar-refractivity contribution in [3.05, 3.63) is 23.8 Å². The largest absolute Gasteiger partial charge is 0.504 e. The lowest BCUT2D eigenvalue weighted by molar-refractivity contribution is 0.0950. The molecule has 0 unspecified atom stereocenters. The van der Waals surface area contributed by atoms with Gasteiger partial charge in [0.2, 0.25) is 0 Å². The number of ketones is 1. The number of Topliss-reactive ketones (excluding diaryl/α,β-unsaturated/α-hetero) is 1. The van der Waals surface area contributed by atoms with Crippen molar-refractivity contribution in [2.75, 3.05) is 7.11 Å². The van der Waals surface area contributed by atoms with E-state index in [1.165, 1.54) is 45.3 Å². The molecule has 1 N–H and O–H groups in total. The lowest BCUT2D eigenvalue weighted by Crippen LogP contribution is -2.12. The highest BCUT2D eigenvalue weighted by molar-refractivity contribution is 5.96. The SMILES string of the molecule is COc1cc(C(=O)CC2CCCCC2)ccc1O. The minimum Gasteiger partial charge on any atom is -0.504 e. The number of ether oxygens (including phenoxy) is 1. The van der Waals surface area contributed by atoms with Crippen LogP contribution >= 0.6 is 0 Å². The van der Waals surface area contributed by atoms with E-state index in [9.17, 15) is 9.90 Å². The van der Waals surface area contributed by atoms with E-state index in [4.69, 9.17) is 4.74 Å². The van der Waals surface area contributed by atoms with Gasteiger partial charge in [-0.1, -0.05) is 32.1 Å². The third kappa shape index (κ3) is 3.03. The summed E-state index contributed by atoms with van der Waals surface area (Å²) in [4.78, 5) is 12.2. The minimum atomic E-state index is 0.0757. The van der Waals surface area contributed by atoms with Gasteiger partial charge in [-0.3, -0.25) is 4.79 Å². The Morgan fingerprint density at radius 3 is 2.72 bits per heavy atom. The Bertz CT molecular complexity index is 420. The lowest BCUT2D eigenvalue weighted by Gasteiger charge is -2.20. The molecule has 18 heavy (non-hydrogen) atoms. The zero-order valence-electron chi connectivity index (χ0n) is 10.8. The van der Waals surface area contributed by atoms with E-state index in [2.05, 4.69) is 0 Å². The number of aromatic hydroxyl groups is 1. The summed E-state index contributed by atoms with van der Waals surface area (Å²) in [6, 6.07) is 4.82. The molecule has 3 heteroatoms. The summed E-state index contributed by atoms with van der Waals surface area (Å²) in [5, 5.41) is 9.50. The Morgan fingerprint density at radius 2 is 2.06 bits per heavy atom. The van der Waals surface area contributed by atoms with Crippen LogP contribution in [0.2, 0.25) is 0 Å². The normalized spacial score (nSPS) is 16.5. The molecule has 0 amide bonds. The fourth-order valence-corrected chi connectivity index (χ4v) is 2.62. The molecular weight excluding hydrogens is 228 g/mol. The van der Waals surface area contributed by atoms with Crippen LogP contribution in [-0.4, -0.2) is 18.0 Å². The monoisotopic (exact) mass is 248 g/mol. The van der Waals surface area contributed by atoms with E-state index >= 15 is 0 Å². The fourth-order valence-electron chi connectivity index (χ4n) is 2.62. The molecule has 1 aliphatic rings. The van der Waals surface area contributed by atoms with E-state index in [0.717, 1.165) is 0 Å². The Morgan fingerprint density at radius 1 is 1.33 bits per heavy atom. The number of methoxy groups -OCH3 is 1. The Balaban J connectivity index is 2.03. The molecule has 1 saturated carbocycles. The van der Waals surface area contributed by atoms with Gasteiger partial charge in [0.15, 0.2) is 17.3 Å². The summed E-state index contributed by atoms with van der Waals surface area (Å²) in [6.07, 6.45) is 6.75. The smallest absolute Gasteiger partial charge is 0.163 e. The summed E-state index contributed by atoms with van der Waals surface area (Å²) in [6.45, 7) is 0. The fraction of sp³-hybridized carbons (Fsp3) is 0.533. The maximum absolute atomic E-state index is 12.2. The topological polar surface area (TPSA) is 46.5 Å². The van der Waals surface area contributed by atoms with Crippen LogP contribution in [-0.2, 0) is 0 Å². The third-order valence-electron chi connectivity index (χ3n) is 3.70. The predicted molar refractivity (Wildman–Crippen MR) is 70.2 cm³/mol. The number of phenolic OH excluding ortho intramolecular Hbond substituents is 1. The van der Waals surface area contributed by atoms with Crippen LogP contribution in [0.4, 0.5) is 0 Å². The van der Waals surface area contributed by atoms with Gasteiger partial charge in [0, 0.05) is 12.0 Å². The van der Waals surface area contributed by atoms with E-state index < -0.39 is 0 Å². The maximum Gasteiger partial charge on any atom is 0.163 e. The maximum atomic E-state index is 12.2. The van der Waals surface area contributed by atoms with Crippen molar-refractivity contribution in [2.24, 2.45) is 5.92 Å². The van der Waals surface area contributed by atoms with Crippen LogP contribution in [0.3, 0.4) is 0 Å². The van der Waals surface area contributed by atoms with Gasteiger partial charge in [0.1, 0.15) is 0 Å². The van der Waals surface area contributed by atoms with Gasteiger partial charge in [-0.15, -0.1) is 0 Å². The van der Waals surface area contributed by atoms with Crippen LogP contribution < -0.4 is 4.74 Å². The molecular formula is C15H20O3. The molecule has 1 aliphatic carbocycles. The molecule has 0 aliphatic heterocycles. The van der Waals surface area contributed by atoms with Crippen LogP contribution in [0.5, 0.6) is 11.5 Å². The number of carbonyl (C=O) groups excluding carboxylic acids is 1. The van der Waals surface area contributed by atoms with Gasteiger partial charge in [0.25, 0.3) is 0 Å². The van der Waals surface area contributed by atoms with Crippen molar-refractivity contribution in [3.8, 4) is 11.5 Å². The second-order valence-electron chi connectivity index (χ2n) is 5.02. The number of benzene rings is 1. The molecule has 3 nitrogen and oxygen atoms in total. The highest BCUT2D eigenvalue weighted by atomic mass is 16.5. The minimum absolute atomic E-state index is 0.0757. The van der Waals surface area contributed by atoms with Crippen molar-refractivity contribution in [3.63, 3.8) is 0 Å². The molecule has 0 heterocycles. The molecule has 0 saturated heterocycles. The summed E-state index contributed by atoms with van der Waals surface area (Å²) in [5.41, 5.74) is 0.634. The van der Waals surface area contributed by atoms with Crippen LogP contribution in [0, 0.1) is 5.92 Å². The quantitative estimate of drug-likeness (QED) is 0.829. The van der Waals surface area contributed by atoms with Crippen molar-refractivity contribution in [2.45, 2.75) is 38.5 Å². The van der Waals surface area contributed by atoms with Gasteiger partial charge < -0.3 is 9.84 Å². The first-order chi connectivity index (χ1) is 8.70. The molecule has 1 aromatic rings. The predicted octanol–water partition coefficient (Wildman–Crippen LogP) is 3.55. The summed E-state index contributed by atoms with van der Waals surface area (Å²) >= 11 is 0. The zero-order chi connectivity index (χ0) is 13.0. The third-order valence-corrected chi connectivity index (χ3v) is 3.70. The molecule has 1 fully saturated rings. The zero-order valence-corrected chi connectivity index (χ0v) is 10.8. The van der Waals surface area contributed by atoms with E-state index in [1.54, 1.807) is 12.1 Å². The number of carbonyl (C=O) groups is 1. The van der Waals surface area contributed by atoms with Crippen molar-refractivity contribution in [1.82, 2.24) is 0 Å². The van der Waals surface area contributed by atoms with Gasteiger partial charge in [-0.05, 0) is 24.1 Å². The molecule has 0 atom stereocenters. The second-order valence-corrected chi connectivity index (χ2v) is 5.02. The first-order valence-electron chi connectivity index (χ1n) is 6.61. The molecule has 0 radical (unpaired) electrons. The molecule has 2 rings (SSSR count). The number of hydrogen-bond acceptors (Lipinski definition) is 3. The number of hydrogen-bond donors (Lipinski definition) is 1. The first kappa shape index (κ1) is 12.9. The van der Waals surface area contributed by atoms with Gasteiger partial charge in [-0.2, -0.15) is 0 Å². The Labute approximate surface area is 108 Å². The van der Waals surface area contributed by atoms with E-state index in [0.29, 0.717) is 23.7 Å². The highest BCUT2D eigenvalue weighted by Crippen LogP contribution is 2.30. The van der Waals surface area contributed by atoms with Crippen LogP contribution in [0.1, 0.15) is 48.9 Å².